The van der Waals surface area contributed by atoms with Crippen molar-refractivity contribution in [3.05, 3.63) is 96.2 Å². The molecule has 0 bridgehead atoms. The quantitative estimate of drug-likeness (QED) is 0.346. The van der Waals surface area contributed by atoms with Gasteiger partial charge < -0.3 is 18.8 Å². The van der Waals surface area contributed by atoms with Crippen LogP contribution in [0.15, 0.2) is 94.9 Å². The summed E-state index contributed by atoms with van der Waals surface area (Å²) in [7, 11) is 0. The van der Waals surface area contributed by atoms with E-state index in [2.05, 4.69) is 22.3 Å². The number of benzene rings is 2. The first-order chi connectivity index (χ1) is 14.8. The number of hydrogen-bond donors (Lipinski definition) is 1. The van der Waals surface area contributed by atoms with E-state index in [1.54, 1.807) is 12.4 Å². The zero-order valence-corrected chi connectivity index (χ0v) is 16.1. The van der Waals surface area contributed by atoms with E-state index in [1.807, 2.05) is 65.2 Å². The van der Waals surface area contributed by atoms with E-state index in [0.29, 0.717) is 40.1 Å². The van der Waals surface area contributed by atoms with Gasteiger partial charge in [0.05, 0.1) is 18.3 Å². The maximum atomic E-state index is 9.58. The van der Waals surface area contributed by atoms with E-state index in [1.165, 1.54) is 5.56 Å². The zero-order valence-electron chi connectivity index (χ0n) is 16.1. The van der Waals surface area contributed by atoms with Crippen LogP contribution in [0.4, 0.5) is 0 Å². The monoisotopic (exact) mass is 397 g/mol. The predicted molar refractivity (Wildman–Crippen MR) is 113 cm³/mol. The molecule has 5 rings (SSSR count). The number of rotatable bonds is 5. The van der Waals surface area contributed by atoms with Gasteiger partial charge in [-0.2, -0.15) is 0 Å². The van der Waals surface area contributed by atoms with Gasteiger partial charge in [0, 0.05) is 24.2 Å². The second kappa shape index (κ2) is 7.75. The zero-order chi connectivity index (χ0) is 20.3. The first-order valence-corrected chi connectivity index (χ1v) is 9.66. The molecule has 0 saturated heterocycles. The molecule has 5 aromatic rings. The molecule has 0 aliphatic carbocycles. The molecule has 0 amide bonds. The Bertz CT molecular complexity index is 1390. The highest BCUT2D eigenvalue weighted by molar-refractivity contribution is 5.80. The van der Waals surface area contributed by atoms with Gasteiger partial charge in [-0.3, -0.25) is 0 Å². The van der Waals surface area contributed by atoms with Crippen molar-refractivity contribution in [1.29, 1.82) is 0 Å². The van der Waals surface area contributed by atoms with Crippen molar-refractivity contribution in [2.75, 3.05) is 6.61 Å². The van der Waals surface area contributed by atoms with Crippen LogP contribution in [0.25, 0.3) is 27.9 Å². The molecule has 0 aliphatic rings. The normalized spacial score (nSPS) is 11.9. The van der Waals surface area contributed by atoms with Crippen molar-refractivity contribution >= 4 is 16.5 Å². The van der Waals surface area contributed by atoms with Gasteiger partial charge in [0.2, 0.25) is 0 Å². The number of hydrogen-bond acceptors (Lipinski definition) is 5. The van der Waals surface area contributed by atoms with Crippen LogP contribution in [-0.2, 0) is 6.42 Å². The highest BCUT2D eigenvalue weighted by atomic mass is 16.5. The number of nitrogens with zero attached hydrogens (tertiary/aromatic N) is 3. The van der Waals surface area contributed by atoms with Crippen LogP contribution in [0, 0.1) is 0 Å². The first kappa shape index (κ1) is 18.0. The van der Waals surface area contributed by atoms with Crippen molar-refractivity contribution in [1.82, 2.24) is 9.38 Å². The first-order valence-electron chi connectivity index (χ1n) is 9.66. The van der Waals surface area contributed by atoms with Gasteiger partial charge in [0.1, 0.15) is 22.4 Å². The molecule has 30 heavy (non-hydrogen) atoms. The fourth-order valence-electron chi connectivity index (χ4n) is 3.45. The Morgan fingerprint density at radius 1 is 1.00 bits per heavy atom. The van der Waals surface area contributed by atoms with Crippen molar-refractivity contribution in [2.24, 2.45) is 5.16 Å². The summed E-state index contributed by atoms with van der Waals surface area (Å²) in [5.41, 5.74) is 3.47. The maximum absolute atomic E-state index is 9.58. The maximum Gasteiger partial charge on any atom is 0.155 e. The number of fused-ring (bicyclic) bond motifs is 2. The van der Waals surface area contributed by atoms with Gasteiger partial charge in [0.25, 0.3) is 0 Å². The molecule has 0 unspecified atom stereocenters. The summed E-state index contributed by atoms with van der Waals surface area (Å²) in [6.45, 7) is 0.553. The Hall–Kier alpha value is -4.06. The molecule has 0 fully saturated rings. The lowest BCUT2D eigenvalue weighted by atomic mass is 10.1. The number of aromatic nitrogens is 2. The summed E-state index contributed by atoms with van der Waals surface area (Å²) in [5, 5.41) is 14.1. The molecule has 148 valence electrons. The molecule has 3 aromatic heterocycles. The SMILES string of the molecule is ON=c1cc(-c2cc3cccn3cn2)oc2ccc(OCCc3ccccc3)cc12. The molecule has 6 heteroatoms. The summed E-state index contributed by atoms with van der Waals surface area (Å²) in [5.74, 6) is 1.22. The van der Waals surface area contributed by atoms with E-state index in [0.717, 1.165) is 11.9 Å². The molecule has 0 radical (unpaired) electrons. The van der Waals surface area contributed by atoms with Crippen LogP contribution in [0.5, 0.6) is 5.75 Å². The molecule has 6 nitrogen and oxygen atoms in total. The Morgan fingerprint density at radius 3 is 2.77 bits per heavy atom. The van der Waals surface area contributed by atoms with Gasteiger partial charge in [-0.1, -0.05) is 35.5 Å². The van der Waals surface area contributed by atoms with Crippen LogP contribution in [0.1, 0.15) is 5.56 Å². The minimum Gasteiger partial charge on any atom is -0.493 e. The van der Waals surface area contributed by atoms with E-state index >= 15 is 0 Å². The summed E-state index contributed by atoms with van der Waals surface area (Å²) < 4.78 is 13.9. The highest BCUT2D eigenvalue weighted by Crippen LogP contribution is 2.24. The van der Waals surface area contributed by atoms with E-state index in [-0.39, 0.29) is 0 Å². The van der Waals surface area contributed by atoms with Gasteiger partial charge >= 0.3 is 0 Å². The molecule has 0 saturated carbocycles. The molecule has 1 N–H and O–H groups in total. The fourth-order valence-corrected chi connectivity index (χ4v) is 3.45. The van der Waals surface area contributed by atoms with Crippen LogP contribution in [0.2, 0.25) is 0 Å². The van der Waals surface area contributed by atoms with Crippen LogP contribution in [0.3, 0.4) is 0 Å². The Morgan fingerprint density at radius 2 is 1.90 bits per heavy atom. The van der Waals surface area contributed by atoms with E-state index < -0.39 is 0 Å². The second-order valence-corrected chi connectivity index (χ2v) is 6.95. The summed E-state index contributed by atoms with van der Waals surface area (Å²) in [6, 6.07) is 23.2. The molecule has 0 aliphatic heterocycles. The smallest absolute Gasteiger partial charge is 0.155 e. The topological polar surface area (TPSA) is 72.3 Å². The lowest BCUT2D eigenvalue weighted by molar-refractivity contribution is 0.302. The minimum atomic E-state index is 0.400. The van der Waals surface area contributed by atoms with Gasteiger partial charge in [0.15, 0.2) is 5.76 Å². The second-order valence-electron chi connectivity index (χ2n) is 6.95. The molecule has 0 atom stereocenters. The van der Waals surface area contributed by atoms with E-state index in [9.17, 15) is 5.21 Å². The number of ether oxygens (including phenoxy) is 1. The Kier molecular flexibility index (Phi) is 4.65. The standard InChI is InChI=1S/C24H19N3O3/c28-26-21-15-24(22-13-18-7-4-11-27(18)16-25-22)30-23-9-8-19(14-20(21)23)29-12-10-17-5-2-1-3-6-17/h1-9,11,13-16,28H,10,12H2. The van der Waals surface area contributed by atoms with Crippen molar-refractivity contribution in [3.63, 3.8) is 0 Å². The van der Waals surface area contributed by atoms with Gasteiger partial charge in [-0.25, -0.2) is 4.98 Å². The fraction of sp³-hybridized carbons (Fsp3) is 0.0833. The van der Waals surface area contributed by atoms with Crippen molar-refractivity contribution in [3.8, 4) is 17.2 Å². The average Bonchev–Trinajstić information content (AvgIpc) is 3.27. The third-order valence-electron chi connectivity index (χ3n) is 4.99. The Balaban J connectivity index is 1.45. The van der Waals surface area contributed by atoms with E-state index in [4.69, 9.17) is 9.15 Å². The molecule has 3 heterocycles. The van der Waals surface area contributed by atoms with Gasteiger partial charge in [-0.05, 0) is 42.0 Å². The molecular formula is C24H19N3O3. The third-order valence-corrected chi connectivity index (χ3v) is 4.99. The van der Waals surface area contributed by atoms with Crippen LogP contribution >= 0.6 is 0 Å². The lowest BCUT2D eigenvalue weighted by Crippen LogP contribution is -2.05. The molecular weight excluding hydrogens is 378 g/mol. The largest absolute Gasteiger partial charge is 0.493 e. The molecule has 2 aromatic carbocycles. The summed E-state index contributed by atoms with van der Waals surface area (Å²) in [4.78, 5) is 4.44. The molecule has 0 spiro atoms. The summed E-state index contributed by atoms with van der Waals surface area (Å²) in [6.07, 6.45) is 4.47. The highest BCUT2D eigenvalue weighted by Gasteiger charge is 2.10. The van der Waals surface area contributed by atoms with Crippen LogP contribution < -0.4 is 10.1 Å². The van der Waals surface area contributed by atoms with Crippen molar-refractivity contribution in [2.45, 2.75) is 6.42 Å². The van der Waals surface area contributed by atoms with Crippen LogP contribution in [-0.4, -0.2) is 21.2 Å². The summed E-state index contributed by atoms with van der Waals surface area (Å²) >= 11 is 0. The average molecular weight is 397 g/mol. The lowest BCUT2D eigenvalue weighted by Gasteiger charge is -2.09. The minimum absolute atomic E-state index is 0.400. The van der Waals surface area contributed by atoms with Gasteiger partial charge in [-0.15, -0.1) is 0 Å². The predicted octanol–water partition coefficient (Wildman–Crippen LogP) is 4.66. The third kappa shape index (κ3) is 3.51. The van der Waals surface area contributed by atoms with Crippen molar-refractivity contribution < 1.29 is 14.4 Å². The Labute approximate surface area is 172 Å².